The van der Waals surface area contributed by atoms with E-state index in [4.69, 9.17) is 5.73 Å². The molecule has 0 saturated heterocycles. The average molecular weight is 324 g/mol. The average Bonchev–Trinajstić information content (AvgIpc) is 2.90. The second kappa shape index (κ2) is 6.22. The van der Waals surface area contributed by atoms with Gasteiger partial charge in [0.05, 0.1) is 4.88 Å². The molecule has 3 N–H and O–H groups in total. The Morgan fingerprint density at radius 1 is 1.13 bits per heavy atom. The topological polar surface area (TPSA) is 72.2 Å². The second-order valence-electron chi connectivity index (χ2n) is 5.30. The number of hydrogen-bond donors (Lipinski definition) is 2. The van der Waals surface area contributed by atoms with Gasteiger partial charge in [-0.05, 0) is 41.6 Å². The molecule has 0 atom stereocenters. The molecule has 4 nitrogen and oxygen atoms in total. The summed E-state index contributed by atoms with van der Waals surface area (Å²) in [5.74, 6) is -0.577. The Morgan fingerprint density at radius 3 is 2.65 bits per heavy atom. The maximum atomic E-state index is 12.4. The number of fused-ring (bicyclic) bond motifs is 1. The molecule has 0 aliphatic rings. The lowest BCUT2D eigenvalue weighted by atomic mass is 10.1. The third-order valence-corrected chi connectivity index (χ3v) is 4.99. The molecular formula is C18H16N2O2S. The first kappa shape index (κ1) is 15.2. The van der Waals surface area contributed by atoms with Gasteiger partial charge in [0.25, 0.3) is 5.91 Å². The van der Waals surface area contributed by atoms with Crippen LogP contribution < -0.4 is 11.1 Å². The van der Waals surface area contributed by atoms with Crippen molar-refractivity contribution in [3.63, 3.8) is 0 Å². The maximum Gasteiger partial charge on any atom is 0.261 e. The fourth-order valence-corrected chi connectivity index (χ4v) is 3.61. The van der Waals surface area contributed by atoms with Crippen molar-refractivity contribution >= 4 is 33.2 Å². The van der Waals surface area contributed by atoms with Crippen molar-refractivity contribution in [2.45, 2.75) is 13.5 Å². The van der Waals surface area contributed by atoms with E-state index >= 15 is 0 Å². The molecule has 23 heavy (non-hydrogen) atoms. The Balaban J connectivity index is 1.77. The Bertz CT molecular complexity index is 899. The molecule has 3 rings (SSSR count). The highest BCUT2D eigenvalue weighted by atomic mass is 32.1. The van der Waals surface area contributed by atoms with Gasteiger partial charge in [0.15, 0.2) is 0 Å². The summed E-state index contributed by atoms with van der Waals surface area (Å²) in [7, 11) is 0. The van der Waals surface area contributed by atoms with E-state index in [1.165, 1.54) is 11.3 Å². The summed E-state index contributed by atoms with van der Waals surface area (Å²) in [6.07, 6.45) is 0. The smallest absolute Gasteiger partial charge is 0.261 e. The van der Waals surface area contributed by atoms with Gasteiger partial charge in [0.2, 0.25) is 5.91 Å². The Labute approximate surface area is 137 Å². The predicted molar refractivity (Wildman–Crippen MR) is 92.7 cm³/mol. The van der Waals surface area contributed by atoms with Crippen LogP contribution in [0.5, 0.6) is 0 Å². The van der Waals surface area contributed by atoms with Crippen molar-refractivity contribution in [2.75, 3.05) is 0 Å². The van der Waals surface area contributed by atoms with Gasteiger partial charge in [-0.25, -0.2) is 0 Å². The summed E-state index contributed by atoms with van der Waals surface area (Å²) >= 11 is 1.49. The number of primary amides is 1. The molecule has 0 unspecified atom stereocenters. The maximum absolute atomic E-state index is 12.4. The summed E-state index contributed by atoms with van der Waals surface area (Å²) < 4.78 is 1.10. The quantitative estimate of drug-likeness (QED) is 0.773. The fourth-order valence-electron chi connectivity index (χ4n) is 2.49. The van der Waals surface area contributed by atoms with Gasteiger partial charge in [-0.15, -0.1) is 11.3 Å². The lowest BCUT2D eigenvalue weighted by Crippen LogP contribution is -2.22. The first-order valence-corrected chi connectivity index (χ1v) is 8.03. The largest absolute Gasteiger partial charge is 0.366 e. The van der Waals surface area contributed by atoms with Crippen molar-refractivity contribution in [3.05, 3.63) is 70.1 Å². The van der Waals surface area contributed by atoms with Crippen LogP contribution in [0.1, 0.15) is 31.2 Å². The van der Waals surface area contributed by atoms with Gasteiger partial charge in [-0.3, -0.25) is 9.59 Å². The molecule has 0 fully saturated rings. The van der Waals surface area contributed by atoms with E-state index in [-0.39, 0.29) is 5.91 Å². The van der Waals surface area contributed by atoms with Crippen molar-refractivity contribution in [3.8, 4) is 0 Å². The highest BCUT2D eigenvalue weighted by Crippen LogP contribution is 2.30. The number of thiophene rings is 1. The number of carbonyl (C=O) groups is 2. The van der Waals surface area contributed by atoms with E-state index < -0.39 is 5.91 Å². The van der Waals surface area contributed by atoms with Gasteiger partial charge in [-0.2, -0.15) is 0 Å². The summed E-state index contributed by atoms with van der Waals surface area (Å²) in [5.41, 5.74) is 7.54. The molecule has 0 saturated carbocycles. The highest BCUT2D eigenvalue weighted by Gasteiger charge is 2.15. The minimum absolute atomic E-state index is 0.104. The van der Waals surface area contributed by atoms with Crippen LogP contribution in [0, 0.1) is 6.92 Å². The SMILES string of the molecule is Cc1c(C(=O)NCc2cccc(C(N)=O)c2)sc2ccccc12. The molecule has 116 valence electrons. The number of rotatable bonds is 4. The zero-order valence-corrected chi connectivity index (χ0v) is 13.4. The molecule has 2 amide bonds. The van der Waals surface area contributed by atoms with E-state index in [1.807, 2.05) is 37.3 Å². The highest BCUT2D eigenvalue weighted by molar-refractivity contribution is 7.21. The van der Waals surface area contributed by atoms with Gasteiger partial charge < -0.3 is 11.1 Å². The minimum Gasteiger partial charge on any atom is -0.366 e. The Kier molecular flexibility index (Phi) is 4.12. The number of aryl methyl sites for hydroxylation is 1. The van der Waals surface area contributed by atoms with Crippen LogP contribution in [-0.2, 0) is 6.54 Å². The van der Waals surface area contributed by atoms with Crippen LogP contribution in [0.4, 0.5) is 0 Å². The summed E-state index contributed by atoms with van der Waals surface area (Å²) in [5, 5.41) is 4.01. The van der Waals surface area contributed by atoms with Crippen LogP contribution in [0.3, 0.4) is 0 Å². The Hall–Kier alpha value is -2.66. The monoisotopic (exact) mass is 324 g/mol. The van der Waals surface area contributed by atoms with E-state index in [0.717, 1.165) is 26.1 Å². The molecule has 1 aromatic heterocycles. The summed E-state index contributed by atoms with van der Waals surface area (Å²) in [4.78, 5) is 24.3. The second-order valence-corrected chi connectivity index (χ2v) is 6.35. The molecule has 0 aliphatic heterocycles. The van der Waals surface area contributed by atoms with Crippen molar-refractivity contribution in [1.29, 1.82) is 0 Å². The van der Waals surface area contributed by atoms with Gasteiger partial charge in [-0.1, -0.05) is 30.3 Å². The molecule has 2 aromatic carbocycles. The summed E-state index contributed by atoms with van der Waals surface area (Å²) in [6.45, 7) is 2.31. The lowest BCUT2D eigenvalue weighted by Gasteiger charge is -2.06. The standard InChI is InChI=1S/C18H16N2O2S/c1-11-14-7-2-3-8-15(14)23-16(11)18(22)20-10-12-5-4-6-13(9-12)17(19)21/h2-9H,10H2,1H3,(H2,19,21)(H,20,22). The lowest BCUT2D eigenvalue weighted by molar-refractivity contribution is 0.0953. The fraction of sp³-hybridized carbons (Fsp3) is 0.111. The predicted octanol–water partition coefficient (Wildman–Crippen LogP) is 3.24. The first-order chi connectivity index (χ1) is 11.1. The van der Waals surface area contributed by atoms with Crippen LogP contribution in [0.25, 0.3) is 10.1 Å². The van der Waals surface area contributed by atoms with E-state index in [1.54, 1.807) is 18.2 Å². The van der Waals surface area contributed by atoms with Crippen LogP contribution in [0.15, 0.2) is 48.5 Å². The van der Waals surface area contributed by atoms with E-state index in [2.05, 4.69) is 5.32 Å². The van der Waals surface area contributed by atoms with Crippen molar-refractivity contribution in [2.24, 2.45) is 5.73 Å². The number of nitrogens with two attached hydrogens (primary N) is 1. The van der Waals surface area contributed by atoms with Crippen molar-refractivity contribution in [1.82, 2.24) is 5.32 Å². The minimum atomic E-state index is -0.474. The third-order valence-electron chi connectivity index (χ3n) is 3.71. The zero-order chi connectivity index (χ0) is 16.4. The molecule has 5 heteroatoms. The molecule has 3 aromatic rings. The normalized spacial score (nSPS) is 10.7. The number of carbonyl (C=O) groups excluding carboxylic acids is 2. The van der Waals surface area contributed by atoms with Crippen LogP contribution >= 0.6 is 11.3 Å². The number of nitrogens with one attached hydrogen (secondary N) is 1. The van der Waals surface area contributed by atoms with Crippen LogP contribution in [0.2, 0.25) is 0 Å². The Morgan fingerprint density at radius 2 is 1.91 bits per heavy atom. The molecular weight excluding hydrogens is 308 g/mol. The van der Waals surface area contributed by atoms with Crippen molar-refractivity contribution < 1.29 is 9.59 Å². The zero-order valence-electron chi connectivity index (χ0n) is 12.6. The summed E-state index contributed by atoms with van der Waals surface area (Å²) in [6, 6.07) is 14.9. The number of hydrogen-bond acceptors (Lipinski definition) is 3. The molecule has 0 spiro atoms. The third kappa shape index (κ3) is 3.10. The van der Waals surface area contributed by atoms with Gasteiger partial charge in [0.1, 0.15) is 0 Å². The van der Waals surface area contributed by atoms with E-state index in [9.17, 15) is 9.59 Å². The molecule has 0 bridgehead atoms. The van der Waals surface area contributed by atoms with Gasteiger partial charge in [0, 0.05) is 16.8 Å². The van der Waals surface area contributed by atoms with Crippen LogP contribution in [-0.4, -0.2) is 11.8 Å². The molecule has 1 heterocycles. The molecule has 0 aliphatic carbocycles. The van der Waals surface area contributed by atoms with Gasteiger partial charge >= 0.3 is 0 Å². The first-order valence-electron chi connectivity index (χ1n) is 7.21. The molecule has 0 radical (unpaired) electrons. The number of amides is 2. The number of benzene rings is 2. The van der Waals surface area contributed by atoms with E-state index in [0.29, 0.717) is 12.1 Å².